The fourth-order valence-electron chi connectivity index (χ4n) is 3.34. The van der Waals surface area contributed by atoms with Crippen LogP contribution in [0, 0.1) is 0 Å². The molecule has 146 valence electrons. The number of benzene rings is 1. The fourth-order valence-corrected chi connectivity index (χ4v) is 3.34. The smallest absolute Gasteiger partial charge is 0.240 e. The van der Waals surface area contributed by atoms with Gasteiger partial charge >= 0.3 is 0 Å². The number of fused-ring (bicyclic) bond motifs is 1. The lowest BCUT2D eigenvalue weighted by Crippen LogP contribution is -2.36. The topological polar surface area (TPSA) is 68.6 Å². The maximum absolute atomic E-state index is 12.5. The van der Waals surface area contributed by atoms with Crippen molar-refractivity contribution in [3.63, 3.8) is 0 Å². The number of pyridine rings is 1. The van der Waals surface area contributed by atoms with Gasteiger partial charge in [-0.1, -0.05) is 12.1 Å². The zero-order valence-electron chi connectivity index (χ0n) is 15.9. The second-order valence-electron chi connectivity index (χ2n) is 6.75. The summed E-state index contributed by atoms with van der Waals surface area (Å²) in [6, 6.07) is 13.7. The average molecular weight is 380 g/mol. The van der Waals surface area contributed by atoms with Crippen molar-refractivity contribution in [1.29, 1.82) is 0 Å². The highest BCUT2D eigenvalue weighted by Gasteiger charge is 2.14. The van der Waals surface area contributed by atoms with Gasteiger partial charge in [0.05, 0.1) is 20.3 Å². The Bertz CT molecular complexity index is 963. The number of morpholine rings is 1. The Morgan fingerprint density at radius 2 is 2.07 bits per heavy atom. The maximum Gasteiger partial charge on any atom is 0.240 e. The second-order valence-corrected chi connectivity index (χ2v) is 6.75. The van der Waals surface area contributed by atoms with Crippen molar-refractivity contribution in [2.45, 2.75) is 13.1 Å². The monoisotopic (exact) mass is 380 g/mol. The molecular weight excluding hydrogens is 356 g/mol. The van der Waals surface area contributed by atoms with Gasteiger partial charge in [-0.3, -0.25) is 4.79 Å². The number of aromatic nitrogens is 2. The second kappa shape index (κ2) is 8.31. The lowest BCUT2D eigenvalue weighted by molar-refractivity contribution is -0.121. The normalized spacial score (nSPS) is 14.2. The van der Waals surface area contributed by atoms with Crippen LogP contribution in [0.1, 0.15) is 5.56 Å². The van der Waals surface area contributed by atoms with Crippen LogP contribution in [0.3, 0.4) is 0 Å². The third-order valence-electron chi connectivity index (χ3n) is 4.87. The molecular formula is C21H24N4O3. The van der Waals surface area contributed by atoms with Crippen LogP contribution in [-0.4, -0.2) is 48.9 Å². The molecule has 3 heterocycles. The number of carbonyl (C=O) groups is 1. The number of hydrogen-bond acceptors (Lipinski definition) is 5. The van der Waals surface area contributed by atoms with Gasteiger partial charge in [-0.25, -0.2) is 4.98 Å². The molecule has 0 bridgehead atoms. The van der Waals surface area contributed by atoms with Gasteiger partial charge in [0.1, 0.15) is 23.8 Å². The van der Waals surface area contributed by atoms with E-state index in [0.29, 0.717) is 19.8 Å². The molecule has 1 aliphatic rings. The molecule has 28 heavy (non-hydrogen) atoms. The third kappa shape index (κ3) is 4.09. The molecule has 1 aromatic carbocycles. The highest BCUT2D eigenvalue weighted by Crippen LogP contribution is 2.20. The van der Waals surface area contributed by atoms with Gasteiger partial charge in [0, 0.05) is 31.2 Å². The summed E-state index contributed by atoms with van der Waals surface area (Å²) in [5.74, 6) is 1.65. The van der Waals surface area contributed by atoms with Crippen LogP contribution in [0.25, 0.3) is 11.0 Å². The van der Waals surface area contributed by atoms with Crippen molar-refractivity contribution >= 4 is 22.8 Å². The van der Waals surface area contributed by atoms with Crippen molar-refractivity contribution in [2.24, 2.45) is 0 Å². The molecule has 0 saturated carbocycles. The van der Waals surface area contributed by atoms with E-state index in [0.717, 1.165) is 41.3 Å². The summed E-state index contributed by atoms with van der Waals surface area (Å²) >= 11 is 0. The molecule has 0 spiro atoms. The molecule has 1 fully saturated rings. The predicted octanol–water partition coefficient (Wildman–Crippen LogP) is 2.20. The van der Waals surface area contributed by atoms with E-state index < -0.39 is 0 Å². The SMILES string of the molecule is COc1cccc(CNC(=O)Cn2ccc3ccc(N4CCOCC4)nc32)c1. The zero-order chi connectivity index (χ0) is 19.3. The van der Waals surface area contributed by atoms with E-state index in [2.05, 4.69) is 16.3 Å². The number of anilines is 1. The first-order valence-electron chi connectivity index (χ1n) is 9.41. The summed E-state index contributed by atoms with van der Waals surface area (Å²) in [7, 11) is 1.63. The number of ether oxygens (including phenoxy) is 2. The minimum atomic E-state index is -0.0566. The Kier molecular flexibility index (Phi) is 5.43. The van der Waals surface area contributed by atoms with Crippen molar-refractivity contribution < 1.29 is 14.3 Å². The Balaban J connectivity index is 1.43. The van der Waals surface area contributed by atoms with Crippen LogP contribution in [-0.2, 0) is 22.6 Å². The van der Waals surface area contributed by atoms with Gasteiger partial charge in [0.2, 0.25) is 5.91 Å². The number of hydrogen-bond donors (Lipinski definition) is 1. The van der Waals surface area contributed by atoms with Crippen molar-refractivity contribution in [3.05, 3.63) is 54.2 Å². The maximum atomic E-state index is 12.5. The average Bonchev–Trinajstić information content (AvgIpc) is 3.15. The Morgan fingerprint density at radius 3 is 2.89 bits per heavy atom. The first-order valence-corrected chi connectivity index (χ1v) is 9.41. The Hall–Kier alpha value is -3.06. The van der Waals surface area contributed by atoms with E-state index in [1.165, 1.54) is 0 Å². The van der Waals surface area contributed by atoms with E-state index in [4.69, 9.17) is 14.5 Å². The molecule has 0 aliphatic carbocycles. The molecule has 4 rings (SSSR count). The van der Waals surface area contributed by atoms with Gasteiger partial charge < -0.3 is 24.3 Å². The number of rotatable bonds is 6. The number of methoxy groups -OCH3 is 1. The number of nitrogens with one attached hydrogen (secondary N) is 1. The van der Waals surface area contributed by atoms with Gasteiger partial charge in [-0.15, -0.1) is 0 Å². The van der Waals surface area contributed by atoms with Crippen molar-refractivity contribution in [3.8, 4) is 5.75 Å². The molecule has 7 heteroatoms. The molecule has 1 saturated heterocycles. The molecule has 0 radical (unpaired) electrons. The predicted molar refractivity (Wildman–Crippen MR) is 108 cm³/mol. The van der Waals surface area contributed by atoms with Gasteiger partial charge in [-0.2, -0.15) is 0 Å². The number of amides is 1. The minimum Gasteiger partial charge on any atom is -0.497 e. The largest absolute Gasteiger partial charge is 0.497 e. The molecule has 3 aromatic rings. The Morgan fingerprint density at radius 1 is 1.21 bits per heavy atom. The van der Waals surface area contributed by atoms with Crippen LogP contribution in [0.15, 0.2) is 48.7 Å². The molecule has 0 unspecified atom stereocenters. The molecule has 7 nitrogen and oxygen atoms in total. The molecule has 1 amide bonds. The van der Waals surface area contributed by atoms with Crippen molar-refractivity contribution in [1.82, 2.24) is 14.9 Å². The van der Waals surface area contributed by atoms with Crippen LogP contribution in [0.5, 0.6) is 5.75 Å². The first kappa shape index (κ1) is 18.3. The zero-order valence-corrected chi connectivity index (χ0v) is 15.9. The van der Waals surface area contributed by atoms with Crippen LogP contribution in [0.2, 0.25) is 0 Å². The van der Waals surface area contributed by atoms with Crippen LogP contribution >= 0.6 is 0 Å². The van der Waals surface area contributed by atoms with Gasteiger partial charge in [0.15, 0.2) is 0 Å². The summed E-state index contributed by atoms with van der Waals surface area (Å²) < 4.78 is 12.5. The molecule has 1 N–H and O–H groups in total. The molecule has 1 aliphatic heterocycles. The van der Waals surface area contributed by atoms with E-state index in [1.807, 2.05) is 47.2 Å². The van der Waals surface area contributed by atoms with E-state index in [1.54, 1.807) is 7.11 Å². The van der Waals surface area contributed by atoms with Crippen LogP contribution in [0.4, 0.5) is 5.82 Å². The van der Waals surface area contributed by atoms with E-state index in [-0.39, 0.29) is 12.5 Å². The highest BCUT2D eigenvalue weighted by molar-refractivity contribution is 5.82. The lowest BCUT2D eigenvalue weighted by atomic mass is 10.2. The Labute approximate surface area is 163 Å². The lowest BCUT2D eigenvalue weighted by Gasteiger charge is -2.27. The van der Waals surface area contributed by atoms with E-state index >= 15 is 0 Å². The first-order chi connectivity index (χ1) is 13.7. The quantitative estimate of drug-likeness (QED) is 0.710. The van der Waals surface area contributed by atoms with Crippen LogP contribution < -0.4 is 15.0 Å². The summed E-state index contributed by atoms with van der Waals surface area (Å²) in [6.45, 7) is 3.79. The standard InChI is InChI=1S/C21H24N4O3/c1-27-18-4-2-3-16(13-18)14-22-20(26)15-25-8-7-17-5-6-19(23-21(17)25)24-9-11-28-12-10-24/h2-8,13H,9-12,14-15H2,1H3,(H,22,26). The molecule has 0 atom stereocenters. The molecule has 2 aromatic heterocycles. The number of carbonyl (C=O) groups excluding carboxylic acids is 1. The van der Waals surface area contributed by atoms with Gasteiger partial charge in [0.25, 0.3) is 0 Å². The number of nitrogens with zero attached hydrogens (tertiary/aromatic N) is 3. The third-order valence-corrected chi connectivity index (χ3v) is 4.87. The van der Waals surface area contributed by atoms with Crippen molar-refractivity contribution in [2.75, 3.05) is 38.3 Å². The summed E-state index contributed by atoms with van der Waals surface area (Å²) in [5.41, 5.74) is 1.82. The van der Waals surface area contributed by atoms with Gasteiger partial charge in [-0.05, 0) is 35.9 Å². The summed E-state index contributed by atoms with van der Waals surface area (Å²) in [4.78, 5) is 19.5. The fraction of sp³-hybridized carbons (Fsp3) is 0.333. The summed E-state index contributed by atoms with van der Waals surface area (Å²) in [5, 5.41) is 3.99. The summed E-state index contributed by atoms with van der Waals surface area (Å²) in [6.07, 6.45) is 1.91. The van der Waals surface area contributed by atoms with E-state index in [9.17, 15) is 4.79 Å². The minimum absolute atomic E-state index is 0.0566. The highest BCUT2D eigenvalue weighted by atomic mass is 16.5.